The highest BCUT2D eigenvalue weighted by Gasteiger charge is 2.19. The van der Waals surface area contributed by atoms with E-state index in [1.54, 1.807) is 12.1 Å². The van der Waals surface area contributed by atoms with E-state index in [1.807, 2.05) is 54.6 Å². The number of hydrogen-bond acceptors (Lipinski definition) is 5. The molecular formula is C23H21N7O. The standard InChI is InChI=1S/C23H21N7O/c24-21(29-13-3-4-14-29)17-7-10-19(11-8-17)25-23(31)22-26-27-28-30(22)20-12-9-16-5-1-2-6-18(16)15-20/h1-2,5-12,15,24H,3-4,13-14H2,(H,25,31). The third-order valence-electron chi connectivity index (χ3n) is 5.49. The molecule has 0 aliphatic carbocycles. The normalized spacial score (nSPS) is 13.5. The van der Waals surface area contributed by atoms with Crippen molar-refractivity contribution < 1.29 is 4.79 Å². The molecule has 1 amide bonds. The molecule has 1 saturated heterocycles. The Morgan fingerprint density at radius 1 is 0.935 bits per heavy atom. The van der Waals surface area contributed by atoms with Gasteiger partial charge in [0.25, 0.3) is 5.91 Å². The lowest BCUT2D eigenvalue weighted by atomic mass is 10.1. The highest BCUT2D eigenvalue weighted by atomic mass is 16.2. The van der Waals surface area contributed by atoms with Crippen molar-refractivity contribution in [3.05, 3.63) is 78.1 Å². The van der Waals surface area contributed by atoms with Gasteiger partial charge in [-0.2, -0.15) is 4.68 Å². The first-order chi connectivity index (χ1) is 15.2. The van der Waals surface area contributed by atoms with Gasteiger partial charge in [0.1, 0.15) is 5.84 Å². The number of carbonyl (C=O) groups excluding carboxylic acids is 1. The number of rotatable bonds is 4. The first-order valence-corrected chi connectivity index (χ1v) is 10.2. The number of nitrogens with one attached hydrogen (secondary N) is 2. The van der Waals surface area contributed by atoms with Crippen molar-refractivity contribution in [2.45, 2.75) is 12.8 Å². The second kappa shape index (κ2) is 7.98. The van der Waals surface area contributed by atoms with Gasteiger partial charge in [-0.05, 0) is 70.4 Å². The van der Waals surface area contributed by atoms with E-state index in [9.17, 15) is 4.79 Å². The van der Waals surface area contributed by atoms with Crippen LogP contribution < -0.4 is 5.32 Å². The van der Waals surface area contributed by atoms with Crippen LogP contribution in [-0.2, 0) is 0 Å². The Morgan fingerprint density at radius 3 is 2.45 bits per heavy atom. The number of hydrogen-bond donors (Lipinski definition) is 2. The second-order valence-corrected chi connectivity index (χ2v) is 7.52. The summed E-state index contributed by atoms with van der Waals surface area (Å²) in [6.45, 7) is 1.85. The van der Waals surface area contributed by atoms with Crippen molar-refractivity contribution in [3.63, 3.8) is 0 Å². The molecule has 5 rings (SSSR count). The summed E-state index contributed by atoms with van der Waals surface area (Å²) in [5.74, 6) is 0.223. The van der Waals surface area contributed by atoms with Gasteiger partial charge in [0, 0.05) is 24.3 Å². The zero-order chi connectivity index (χ0) is 21.2. The Hall–Kier alpha value is -4.07. The fraction of sp³-hybridized carbons (Fsp3) is 0.174. The highest BCUT2D eigenvalue weighted by Crippen LogP contribution is 2.19. The third-order valence-corrected chi connectivity index (χ3v) is 5.49. The van der Waals surface area contributed by atoms with Crippen LogP contribution >= 0.6 is 0 Å². The van der Waals surface area contributed by atoms with E-state index in [-0.39, 0.29) is 5.82 Å². The zero-order valence-corrected chi connectivity index (χ0v) is 16.8. The molecule has 1 aromatic heterocycles. The molecule has 0 atom stereocenters. The van der Waals surface area contributed by atoms with Gasteiger partial charge in [0.05, 0.1) is 5.69 Å². The van der Waals surface area contributed by atoms with Crippen molar-refractivity contribution in [2.24, 2.45) is 0 Å². The zero-order valence-electron chi connectivity index (χ0n) is 16.8. The number of fused-ring (bicyclic) bond motifs is 1. The van der Waals surface area contributed by atoms with Crippen molar-refractivity contribution >= 4 is 28.2 Å². The Bertz CT molecular complexity index is 1260. The van der Waals surface area contributed by atoms with Crippen molar-refractivity contribution in [1.29, 1.82) is 5.41 Å². The van der Waals surface area contributed by atoms with Crippen LogP contribution in [0.4, 0.5) is 5.69 Å². The molecule has 0 spiro atoms. The molecule has 2 heterocycles. The summed E-state index contributed by atoms with van der Waals surface area (Å²) >= 11 is 0. The minimum Gasteiger partial charge on any atom is -0.357 e. The van der Waals surface area contributed by atoms with Crippen molar-refractivity contribution in [3.8, 4) is 5.69 Å². The predicted octanol–water partition coefficient (Wildman–Crippen LogP) is 3.49. The minimum absolute atomic E-state index is 0.101. The van der Waals surface area contributed by atoms with Crippen LogP contribution in [0, 0.1) is 5.41 Å². The molecular weight excluding hydrogens is 390 g/mol. The number of anilines is 1. The number of likely N-dealkylation sites (tertiary alicyclic amines) is 1. The number of carbonyl (C=O) groups is 1. The van der Waals surface area contributed by atoms with Crippen LogP contribution in [0.3, 0.4) is 0 Å². The molecule has 2 N–H and O–H groups in total. The lowest BCUT2D eigenvalue weighted by molar-refractivity contribution is 0.101. The van der Waals surface area contributed by atoms with E-state index < -0.39 is 5.91 Å². The first-order valence-electron chi connectivity index (χ1n) is 10.2. The third kappa shape index (κ3) is 3.75. The van der Waals surface area contributed by atoms with Crippen molar-refractivity contribution in [2.75, 3.05) is 18.4 Å². The number of tetrazole rings is 1. The van der Waals surface area contributed by atoms with Gasteiger partial charge in [-0.3, -0.25) is 10.2 Å². The van der Waals surface area contributed by atoms with Gasteiger partial charge in [-0.25, -0.2) is 0 Å². The number of aromatic nitrogens is 4. The number of nitrogens with zero attached hydrogens (tertiary/aromatic N) is 5. The molecule has 1 aliphatic rings. The molecule has 8 heteroatoms. The SMILES string of the molecule is N=C(c1ccc(NC(=O)c2nnnn2-c2ccc3ccccc3c2)cc1)N1CCCC1. The van der Waals surface area contributed by atoms with Crippen LogP contribution in [0.25, 0.3) is 16.5 Å². The summed E-state index contributed by atoms with van der Waals surface area (Å²) in [6, 6.07) is 21.1. The monoisotopic (exact) mass is 411 g/mol. The fourth-order valence-corrected chi connectivity index (χ4v) is 3.83. The fourth-order valence-electron chi connectivity index (χ4n) is 3.83. The Kier molecular flexibility index (Phi) is 4.87. The molecule has 154 valence electrons. The average molecular weight is 411 g/mol. The molecule has 4 aromatic rings. The molecule has 3 aromatic carbocycles. The first kappa shape index (κ1) is 18.9. The maximum absolute atomic E-state index is 12.8. The Labute approximate surface area is 179 Å². The van der Waals surface area contributed by atoms with Gasteiger partial charge in [-0.1, -0.05) is 30.3 Å². The summed E-state index contributed by atoms with van der Waals surface area (Å²) in [5, 5.41) is 24.9. The largest absolute Gasteiger partial charge is 0.357 e. The summed E-state index contributed by atoms with van der Waals surface area (Å²) < 4.78 is 1.43. The summed E-state index contributed by atoms with van der Waals surface area (Å²) in [5.41, 5.74) is 2.17. The molecule has 1 aliphatic heterocycles. The Balaban J connectivity index is 1.34. The van der Waals surface area contributed by atoms with Gasteiger partial charge in [0.2, 0.25) is 5.82 Å². The van der Waals surface area contributed by atoms with E-state index in [0.717, 1.165) is 42.3 Å². The number of amidine groups is 1. The van der Waals surface area contributed by atoms with Gasteiger partial charge in [-0.15, -0.1) is 5.10 Å². The molecule has 8 nitrogen and oxygen atoms in total. The average Bonchev–Trinajstić information content (AvgIpc) is 3.51. The molecule has 1 fully saturated rings. The van der Waals surface area contributed by atoms with Gasteiger partial charge < -0.3 is 10.2 Å². The minimum atomic E-state index is -0.402. The van der Waals surface area contributed by atoms with Crippen LogP contribution in [-0.4, -0.2) is 49.9 Å². The number of amides is 1. The summed E-state index contributed by atoms with van der Waals surface area (Å²) in [6.07, 6.45) is 2.25. The van der Waals surface area contributed by atoms with Gasteiger partial charge in [0.15, 0.2) is 0 Å². The van der Waals surface area contributed by atoms with E-state index >= 15 is 0 Å². The molecule has 31 heavy (non-hydrogen) atoms. The van der Waals surface area contributed by atoms with E-state index in [1.165, 1.54) is 4.68 Å². The summed E-state index contributed by atoms with van der Waals surface area (Å²) in [7, 11) is 0. The van der Waals surface area contributed by atoms with Crippen LogP contribution in [0.2, 0.25) is 0 Å². The summed E-state index contributed by atoms with van der Waals surface area (Å²) in [4.78, 5) is 14.9. The topological polar surface area (TPSA) is 99.8 Å². The quantitative estimate of drug-likeness (QED) is 0.396. The maximum atomic E-state index is 12.8. The molecule has 0 saturated carbocycles. The molecule has 0 radical (unpaired) electrons. The lowest BCUT2D eigenvalue weighted by Gasteiger charge is -2.18. The van der Waals surface area contributed by atoms with Gasteiger partial charge >= 0.3 is 0 Å². The smallest absolute Gasteiger partial charge is 0.295 e. The number of benzene rings is 3. The second-order valence-electron chi connectivity index (χ2n) is 7.52. The lowest BCUT2D eigenvalue weighted by Crippen LogP contribution is -2.27. The van der Waals surface area contributed by atoms with E-state index in [4.69, 9.17) is 5.41 Å². The van der Waals surface area contributed by atoms with Crippen LogP contribution in [0.5, 0.6) is 0 Å². The molecule has 0 bridgehead atoms. The van der Waals surface area contributed by atoms with Crippen LogP contribution in [0.1, 0.15) is 29.0 Å². The highest BCUT2D eigenvalue weighted by molar-refractivity contribution is 6.02. The van der Waals surface area contributed by atoms with Crippen LogP contribution in [0.15, 0.2) is 66.7 Å². The predicted molar refractivity (Wildman–Crippen MR) is 119 cm³/mol. The van der Waals surface area contributed by atoms with E-state index in [0.29, 0.717) is 17.2 Å². The Morgan fingerprint density at radius 2 is 1.68 bits per heavy atom. The molecule has 0 unspecified atom stereocenters. The van der Waals surface area contributed by atoms with E-state index in [2.05, 4.69) is 25.7 Å². The maximum Gasteiger partial charge on any atom is 0.295 e. The van der Waals surface area contributed by atoms with Crippen molar-refractivity contribution in [1.82, 2.24) is 25.1 Å².